The SMILES string of the molecule is COc1ccc(C)c(-n2c(N)c(C#N)c3c2N=C(C)N2CCN=C32)c1C. The van der Waals surface area contributed by atoms with Crippen LogP contribution in [0.5, 0.6) is 5.75 Å². The number of hydrogen-bond donors (Lipinski definition) is 1. The monoisotopic (exact) mass is 348 g/mol. The Morgan fingerprint density at radius 3 is 2.73 bits per heavy atom. The van der Waals surface area contributed by atoms with Crippen molar-refractivity contribution in [3.05, 3.63) is 34.4 Å². The Balaban J connectivity index is 2.11. The van der Waals surface area contributed by atoms with E-state index in [0.29, 0.717) is 23.7 Å². The lowest BCUT2D eigenvalue weighted by Gasteiger charge is -2.25. The number of methoxy groups -OCH3 is 1. The predicted octanol–water partition coefficient (Wildman–Crippen LogP) is 2.68. The highest BCUT2D eigenvalue weighted by Crippen LogP contribution is 2.42. The van der Waals surface area contributed by atoms with Crippen molar-refractivity contribution < 1.29 is 4.74 Å². The second-order valence-corrected chi connectivity index (χ2v) is 6.48. The molecule has 0 radical (unpaired) electrons. The van der Waals surface area contributed by atoms with Crippen LogP contribution >= 0.6 is 0 Å². The number of ether oxygens (including phenoxy) is 1. The maximum atomic E-state index is 9.77. The molecule has 1 aromatic heterocycles. The molecule has 2 aliphatic rings. The summed E-state index contributed by atoms with van der Waals surface area (Å²) in [4.78, 5) is 11.4. The standard InChI is InChI=1S/C19H20N6O/c1-10-5-6-14(26-4)11(2)16(10)25-17(21)13(9-20)15-18-22-7-8-24(18)12(3)23-19(15)25/h5-6H,7-8,21H2,1-4H3. The zero-order valence-electron chi connectivity index (χ0n) is 15.3. The van der Waals surface area contributed by atoms with Crippen LogP contribution in [0.1, 0.15) is 29.2 Å². The first-order valence-corrected chi connectivity index (χ1v) is 8.46. The summed E-state index contributed by atoms with van der Waals surface area (Å²) in [5.74, 6) is 3.45. The van der Waals surface area contributed by atoms with Crippen LogP contribution in [-0.4, -0.2) is 41.3 Å². The van der Waals surface area contributed by atoms with Crippen LogP contribution in [0.4, 0.5) is 11.6 Å². The highest BCUT2D eigenvalue weighted by atomic mass is 16.5. The van der Waals surface area contributed by atoms with Crippen LogP contribution in [0, 0.1) is 25.2 Å². The van der Waals surface area contributed by atoms with Gasteiger partial charge >= 0.3 is 0 Å². The third-order valence-electron chi connectivity index (χ3n) is 5.04. The summed E-state index contributed by atoms with van der Waals surface area (Å²) in [7, 11) is 1.64. The molecule has 2 aromatic rings. The summed E-state index contributed by atoms with van der Waals surface area (Å²) in [6.07, 6.45) is 0. The van der Waals surface area contributed by atoms with Crippen LogP contribution in [0.2, 0.25) is 0 Å². The third kappa shape index (κ3) is 1.99. The van der Waals surface area contributed by atoms with E-state index in [0.717, 1.165) is 46.3 Å². The predicted molar refractivity (Wildman–Crippen MR) is 102 cm³/mol. The summed E-state index contributed by atoms with van der Waals surface area (Å²) in [5, 5.41) is 9.77. The number of fused-ring (bicyclic) bond motifs is 3. The molecular weight excluding hydrogens is 328 g/mol. The molecule has 0 spiro atoms. The van der Waals surface area contributed by atoms with Crippen LogP contribution in [0.15, 0.2) is 22.1 Å². The van der Waals surface area contributed by atoms with E-state index in [1.165, 1.54) is 0 Å². The van der Waals surface area contributed by atoms with E-state index in [4.69, 9.17) is 15.5 Å². The molecule has 0 saturated carbocycles. The van der Waals surface area contributed by atoms with Gasteiger partial charge in [-0.1, -0.05) is 6.07 Å². The smallest absolute Gasteiger partial charge is 0.153 e. The molecule has 7 nitrogen and oxygen atoms in total. The van der Waals surface area contributed by atoms with Crippen molar-refractivity contribution in [1.82, 2.24) is 9.47 Å². The van der Waals surface area contributed by atoms with Gasteiger partial charge in [0.05, 0.1) is 24.9 Å². The molecule has 0 fully saturated rings. The van der Waals surface area contributed by atoms with Crippen molar-refractivity contribution in [2.75, 3.05) is 25.9 Å². The Morgan fingerprint density at radius 1 is 1.27 bits per heavy atom. The fraction of sp³-hybridized carbons (Fsp3) is 0.316. The van der Waals surface area contributed by atoms with E-state index in [2.05, 4.69) is 11.1 Å². The maximum Gasteiger partial charge on any atom is 0.153 e. The second kappa shape index (κ2) is 5.63. The number of nitrogens with two attached hydrogens (primary N) is 1. The van der Waals surface area contributed by atoms with Gasteiger partial charge in [-0.05, 0) is 32.4 Å². The number of nitrogen functional groups attached to an aromatic ring is 1. The summed E-state index contributed by atoms with van der Waals surface area (Å²) >= 11 is 0. The zero-order chi connectivity index (χ0) is 18.6. The largest absolute Gasteiger partial charge is 0.496 e. The minimum absolute atomic E-state index is 0.380. The molecule has 0 saturated heterocycles. The van der Waals surface area contributed by atoms with Crippen molar-refractivity contribution >= 4 is 23.3 Å². The lowest BCUT2D eigenvalue weighted by Crippen LogP contribution is -2.35. The van der Waals surface area contributed by atoms with Gasteiger partial charge in [0, 0.05) is 12.1 Å². The van der Waals surface area contributed by atoms with E-state index in [1.54, 1.807) is 7.11 Å². The molecular formula is C19H20N6O. The number of anilines is 1. The fourth-order valence-corrected chi connectivity index (χ4v) is 3.81. The van der Waals surface area contributed by atoms with E-state index in [9.17, 15) is 5.26 Å². The number of amidine groups is 2. The average molecular weight is 348 g/mol. The maximum absolute atomic E-state index is 9.77. The van der Waals surface area contributed by atoms with E-state index in [1.807, 2.05) is 42.4 Å². The molecule has 26 heavy (non-hydrogen) atoms. The normalized spacial score (nSPS) is 15.1. The Hall–Kier alpha value is -3.27. The summed E-state index contributed by atoms with van der Waals surface area (Å²) in [6, 6.07) is 6.17. The average Bonchev–Trinajstić information content (AvgIpc) is 3.20. The van der Waals surface area contributed by atoms with Gasteiger partial charge in [0.25, 0.3) is 0 Å². The van der Waals surface area contributed by atoms with Gasteiger partial charge in [-0.2, -0.15) is 5.26 Å². The molecule has 2 aliphatic heterocycles. The fourth-order valence-electron chi connectivity index (χ4n) is 3.81. The molecule has 132 valence electrons. The topological polar surface area (TPSA) is 91.9 Å². The quantitative estimate of drug-likeness (QED) is 0.903. The van der Waals surface area contributed by atoms with E-state index >= 15 is 0 Å². The number of aryl methyl sites for hydroxylation is 1. The number of aromatic nitrogens is 1. The summed E-state index contributed by atoms with van der Waals surface area (Å²) in [5.41, 5.74) is 10.4. The number of nitriles is 1. The molecule has 0 atom stereocenters. The van der Waals surface area contributed by atoms with Gasteiger partial charge in [0.15, 0.2) is 5.82 Å². The van der Waals surface area contributed by atoms with Crippen LogP contribution in [0.25, 0.3) is 5.69 Å². The van der Waals surface area contributed by atoms with E-state index in [-0.39, 0.29) is 0 Å². The number of rotatable bonds is 2. The molecule has 4 rings (SSSR count). The molecule has 0 unspecified atom stereocenters. The van der Waals surface area contributed by atoms with Crippen LogP contribution in [-0.2, 0) is 0 Å². The molecule has 1 aromatic carbocycles. The summed E-state index contributed by atoms with van der Waals surface area (Å²) < 4.78 is 7.35. The number of nitrogens with zero attached hydrogens (tertiary/aromatic N) is 5. The van der Waals surface area contributed by atoms with Crippen molar-refractivity contribution in [3.63, 3.8) is 0 Å². The summed E-state index contributed by atoms with van der Waals surface area (Å²) in [6.45, 7) is 7.41. The van der Waals surface area contributed by atoms with Gasteiger partial charge in [-0.3, -0.25) is 9.56 Å². The molecule has 0 amide bonds. The highest BCUT2D eigenvalue weighted by molar-refractivity contribution is 6.17. The second-order valence-electron chi connectivity index (χ2n) is 6.48. The Labute approximate surface area is 152 Å². The number of hydrogen-bond acceptors (Lipinski definition) is 6. The first-order chi connectivity index (χ1) is 12.5. The molecule has 2 N–H and O–H groups in total. The van der Waals surface area contributed by atoms with Crippen molar-refractivity contribution in [1.29, 1.82) is 5.26 Å². The minimum atomic E-state index is 0.380. The van der Waals surface area contributed by atoms with Crippen molar-refractivity contribution in [2.24, 2.45) is 9.98 Å². The van der Waals surface area contributed by atoms with Gasteiger partial charge in [-0.25, -0.2) is 4.99 Å². The van der Waals surface area contributed by atoms with Gasteiger partial charge in [0.2, 0.25) is 0 Å². The Kier molecular flexibility index (Phi) is 3.51. The number of aliphatic imine (C=N–C) groups is 2. The first-order valence-electron chi connectivity index (χ1n) is 8.46. The molecule has 7 heteroatoms. The van der Waals surface area contributed by atoms with Crippen molar-refractivity contribution in [3.8, 4) is 17.5 Å². The van der Waals surface area contributed by atoms with E-state index < -0.39 is 0 Å². The third-order valence-corrected chi connectivity index (χ3v) is 5.04. The lowest BCUT2D eigenvalue weighted by atomic mass is 10.1. The Bertz CT molecular complexity index is 1040. The Morgan fingerprint density at radius 2 is 2.04 bits per heavy atom. The minimum Gasteiger partial charge on any atom is -0.496 e. The van der Waals surface area contributed by atoms with Crippen LogP contribution in [0.3, 0.4) is 0 Å². The van der Waals surface area contributed by atoms with Gasteiger partial charge < -0.3 is 15.4 Å². The highest BCUT2D eigenvalue weighted by Gasteiger charge is 2.35. The van der Waals surface area contributed by atoms with Gasteiger partial charge in [0.1, 0.15) is 34.9 Å². The van der Waals surface area contributed by atoms with Crippen molar-refractivity contribution in [2.45, 2.75) is 20.8 Å². The first kappa shape index (κ1) is 16.2. The van der Waals surface area contributed by atoms with Crippen LogP contribution < -0.4 is 10.5 Å². The van der Waals surface area contributed by atoms with Gasteiger partial charge in [-0.15, -0.1) is 0 Å². The lowest BCUT2D eigenvalue weighted by molar-refractivity contribution is 0.411. The number of benzene rings is 1. The zero-order valence-corrected chi connectivity index (χ0v) is 15.3. The molecule has 0 aliphatic carbocycles. The molecule has 0 bridgehead atoms. The molecule has 3 heterocycles.